The molecular formula is C26H20N6O. The van der Waals surface area contributed by atoms with Crippen molar-refractivity contribution in [2.24, 2.45) is 0 Å². The number of rotatable bonds is 6. The van der Waals surface area contributed by atoms with Crippen LogP contribution in [0.25, 0.3) is 16.9 Å². The lowest BCUT2D eigenvalue weighted by atomic mass is 10.0. The van der Waals surface area contributed by atoms with Crippen LogP contribution >= 0.6 is 0 Å². The fourth-order valence-electron chi connectivity index (χ4n) is 3.38. The molecule has 0 bridgehead atoms. The molecule has 3 aromatic carbocycles. The van der Waals surface area contributed by atoms with Crippen LogP contribution < -0.4 is 10.6 Å². The maximum atomic E-state index is 12.6. The smallest absolute Gasteiger partial charge is 0.255 e. The van der Waals surface area contributed by atoms with E-state index in [1.165, 1.54) is 6.33 Å². The first-order chi connectivity index (χ1) is 16.2. The number of benzene rings is 3. The number of anilines is 3. The van der Waals surface area contributed by atoms with E-state index >= 15 is 0 Å². The summed E-state index contributed by atoms with van der Waals surface area (Å²) in [5, 5.41) is 10.3. The van der Waals surface area contributed by atoms with E-state index in [0.717, 1.165) is 16.8 Å². The molecule has 0 radical (unpaired) electrons. The van der Waals surface area contributed by atoms with E-state index in [1.54, 1.807) is 10.9 Å². The van der Waals surface area contributed by atoms with Gasteiger partial charge in [-0.1, -0.05) is 42.5 Å². The van der Waals surface area contributed by atoms with Crippen molar-refractivity contribution < 1.29 is 4.79 Å². The molecule has 7 nitrogen and oxygen atoms in total. The van der Waals surface area contributed by atoms with Crippen LogP contribution in [0.5, 0.6) is 0 Å². The first kappa shape index (κ1) is 20.1. The van der Waals surface area contributed by atoms with Gasteiger partial charge in [0, 0.05) is 35.4 Å². The van der Waals surface area contributed by atoms with Gasteiger partial charge in [-0.3, -0.25) is 4.79 Å². The number of amides is 1. The lowest BCUT2D eigenvalue weighted by Gasteiger charge is -2.09. The molecule has 0 saturated heterocycles. The van der Waals surface area contributed by atoms with Gasteiger partial charge in [-0.25, -0.2) is 14.6 Å². The summed E-state index contributed by atoms with van der Waals surface area (Å²) in [4.78, 5) is 21.1. The molecule has 2 N–H and O–H groups in total. The van der Waals surface area contributed by atoms with Crippen molar-refractivity contribution >= 4 is 23.1 Å². The quantitative estimate of drug-likeness (QED) is 0.379. The molecule has 0 spiro atoms. The fraction of sp³-hybridized carbons (Fsp3) is 0. The van der Waals surface area contributed by atoms with Gasteiger partial charge < -0.3 is 10.6 Å². The second-order valence-corrected chi connectivity index (χ2v) is 7.31. The normalized spacial score (nSPS) is 10.5. The first-order valence-electron chi connectivity index (χ1n) is 10.4. The van der Waals surface area contributed by atoms with Crippen molar-refractivity contribution in [3.8, 4) is 16.9 Å². The van der Waals surface area contributed by atoms with Crippen LogP contribution in [0.3, 0.4) is 0 Å². The van der Waals surface area contributed by atoms with Gasteiger partial charge in [0.25, 0.3) is 5.91 Å². The second kappa shape index (κ2) is 9.15. The number of carbonyl (C=O) groups is 1. The van der Waals surface area contributed by atoms with E-state index in [-0.39, 0.29) is 5.91 Å². The molecule has 0 atom stereocenters. The Morgan fingerprint density at radius 3 is 2.21 bits per heavy atom. The molecule has 0 aliphatic heterocycles. The van der Waals surface area contributed by atoms with Crippen molar-refractivity contribution in [3.05, 3.63) is 115 Å². The molecule has 0 unspecified atom stereocenters. The fourth-order valence-corrected chi connectivity index (χ4v) is 3.38. The molecular weight excluding hydrogens is 412 g/mol. The van der Waals surface area contributed by atoms with E-state index in [2.05, 4.69) is 25.7 Å². The maximum absolute atomic E-state index is 12.6. The predicted octanol–water partition coefficient (Wildman–Crippen LogP) is 5.33. The number of carbonyl (C=O) groups excluding carboxylic acids is 1. The highest BCUT2D eigenvalue weighted by molar-refractivity contribution is 6.04. The molecule has 5 rings (SSSR count). The van der Waals surface area contributed by atoms with E-state index in [4.69, 9.17) is 0 Å². The van der Waals surface area contributed by atoms with Crippen LogP contribution in [-0.4, -0.2) is 25.7 Å². The zero-order chi connectivity index (χ0) is 22.5. The molecule has 1 amide bonds. The summed E-state index contributed by atoms with van der Waals surface area (Å²) in [7, 11) is 0. The van der Waals surface area contributed by atoms with Gasteiger partial charge in [0.2, 0.25) is 0 Å². The monoisotopic (exact) mass is 432 g/mol. The van der Waals surface area contributed by atoms with E-state index in [1.807, 2.05) is 97.2 Å². The largest absolute Gasteiger partial charge is 0.340 e. The lowest BCUT2D eigenvalue weighted by molar-refractivity contribution is 0.102. The molecule has 7 heteroatoms. The topological polar surface area (TPSA) is 84.7 Å². The predicted molar refractivity (Wildman–Crippen MR) is 129 cm³/mol. The first-order valence-corrected chi connectivity index (χ1v) is 10.4. The standard InChI is InChI=1S/C26H20N6O/c33-26(21-9-7-20(8-10-21)19-5-2-1-3-6-19)31-23-13-11-22(12-14-23)30-24-17-25(28-18-27-24)32-16-4-15-29-32/h1-18H,(H,31,33)(H,27,28,30). The Kier molecular flexibility index (Phi) is 5.59. The number of hydrogen-bond acceptors (Lipinski definition) is 5. The third-order valence-corrected chi connectivity index (χ3v) is 5.06. The Morgan fingerprint density at radius 1 is 0.758 bits per heavy atom. The van der Waals surface area contributed by atoms with Gasteiger partial charge in [-0.2, -0.15) is 5.10 Å². The Balaban J connectivity index is 1.23. The van der Waals surface area contributed by atoms with Crippen LogP contribution in [0.2, 0.25) is 0 Å². The van der Waals surface area contributed by atoms with Gasteiger partial charge in [-0.05, 0) is 53.6 Å². The van der Waals surface area contributed by atoms with E-state index < -0.39 is 0 Å². The third kappa shape index (κ3) is 4.77. The SMILES string of the molecule is O=C(Nc1ccc(Nc2cc(-n3cccn3)ncn2)cc1)c1ccc(-c2ccccc2)cc1. The summed E-state index contributed by atoms with van der Waals surface area (Å²) in [6, 6.07) is 28.7. The number of nitrogens with one attached hydrogen (secondary N) is 2. The van der Waals surface area contributed by atoms with Crippen molar-refractivity contribution in [2.75, 3.05) is 10.6 Å². The molecule has 160 valence electrons. The molecule has 0 aliphatic carbocycles. The Hall–Kier alpha value is -4.78. The van der Waals surface area contributed by atoms with Crippen molar-refractivity contribution in [2.45, 2.75) is 0 Å². The second-order valence-electron chi connectivity index (χ2n) is 7.31. The molecule has 2 aromatic heterocycles. The van der Waals surface area contributed by atoms with Gasteiger partial charge in [0.1, 0.15) is 12.1 Å². The molecule has 0 fully saturated rings. The summed E-state index contributed by atoms with van der Waals surface area (Å²) in [6.07, 6.45) is 5.00. The number of aromatic nitrogens is 4. The molecule has 5 aromatic rings. The van der Waals surface area contributed by atoms with Crippen LogP contribution in [-0.2, 0) is 0 Å². The Bertz CT molecular complexity index is 1350. The lowest BCUT2D eigenvalue weighted by Crippen LogP contribution is -2.11. The zero-order valence-electron chi connectivity index (χ0n) is 17.6. The van der Waals surface area contributed by atoms with Crippen LogP contribution in [0.15, 0.2) is 110 Å². The average Bonchev–Trinajstić information content (AvgIpc) is 3.41. The summed E-state index contributed by atoms with van der Waals surface area (Å²) in [6.45, 7) is 0. The minimum atomic E-state index is -0.157. The zero-order valence-corrected chi connectivity index (χ0v) is 17.6. The van der Waals surface area contributed by atoms with Gasteiger partial charge in [0.15, 0.2) is 5.82 Å². The number of nitrogens with zero attached hydrogens (tertiary/aromatic N) is 4. The van der Waals surface area contributed by atoms with Crippen LogP contribution in [0.4, 0.5) is 17.2 Å². The molecule has 0 saturated carbocycles. The molecule has 0 aliphatic rings. The van der Waals surface area contributed by atoms with E-state index in [0.29, 0.717) is 22.9 Å². The summed E-state index contributed by atoms with van der Waals surface area (Å²) >= 11 is 0. The van der Waals surface area contributed by atoms with Gasteiger partial charge in [0.05, 0.1) is 0 Å². The maximum Gasteiger partial charge on any atom is 0.255 e. The Labute approximate surface area is 190 Å². The summed E-state index contributed by atoms with van der Waals surface area (Å²) < 4.78 is 1.66. The number of hydrogen-bond donors (Lipinski definition) is 2. The highest BCUT2D eigenvalue weighted by Crippen LogP contribution is 2.21. The molecule has 33 heavy (non-hydrogen) atoms. The minimum Gasteiger partial charge on any atom is -0.340 e. The highest BCUT2D eigenvalue weighted by atomic mass is 16.1. The van der Waals surface area contributed by atoms with Crippen molar-refractivity contribution in [3.63, 3.8) is 0 Å². The highest BCUT2D eigenvalue weighted by Gasteiger charge is 2.07. The van der Waals surface area contributed by atoms with Crippen LogP contribution in [0, 0.1) is 0 Å². The molecule has 2 heterocycles. The third-order valence-electron chi connectivity index (χ3n) is 5.06. The van der Waals surface area contributed by atoms with Gasteiger partial charge >= 0.3 is 0 Å². The summed E-state index contributed by atoms with van der Waals surface area (Å²) in [5.74, 6) is 1.15. The minimum absolute atomic E-state index is 0.157. The Morgan fingerprint density at radius 2 is 1.48 bits per heavy atom. The summed E-state index contributed by atoms with van der Waals surface area (Å²) in [5.41, 5.74) is 4.34. The average molecular weight is 432 g/mol. The van der Waals surface area contributed by atoms with Crippen molar-refractivity contribution in [1.82, 2.24) is 19.7 Å². The van der Waals surface area contributed by atoms with Gasteiger partial charge in [-0.15, -0.1) is 0 Å². The van der Waals surface area contributed by atoms with Crippen LogP contribution in [0.1, 0.15) is 10.4 Å². The van der Waals surface area contributed by atoms with Crippen molar-refractivity contribution in [1.29, 1.82) is 0 Å². The van der Waals surface area contributed by atoms with E-state index in [9.17, 15) is 4.79 Å².